The minimum atomic E-state index is -4.40. The zero-order valence-corrected chi connectivity index (χ0v) is 22.5. The molecule has 0 saturated heterocycles. The SMILES string of the molecule is CCCCc1nc(O)c(S(=O)(=O)c2ccc(-c3ccnc(C)c3)cc2)c(=O)n1C(COC)c1ccccc1. The Kier molecular flexibility index (Phi) is 8.38. The number of sulfone groups is 1. The van der Waals surface area contributed by atoms with E-state index >= 15 is 0 Å². The fourth-order valence-electron chi connectivity index (χ4n) is 4.44. The van der Waals surface area contributed by atoms with Gasteiger partial charge in [0.2, 0.25) is 15.7 Å². The maximum Gasteiger partial charge on any atom is 0.277 e. The van der Waals surface area contributed by atoms with E-state index in [0.717, 1.165) is 28.8 Å². The number of benzene rings is 2. The molecule has 2 aromatic heterocycles. The van der Waals surface area contributed by atoms with Crippen molar-refractivity contribution in [1.29, 1.82) is 0 Å². The van der Waals surface area contributed by atoms with Crippen LogP contribution < -0.4 is 5.56 Å². The van der Waals surface area contributed by atoms with Crippen LogP contribution >= 0.6 is 0 Å². The molecule has 2 aromatic carbocycles. The number of hydrogen-bond acceptors (Lipinski definition) is 7. The van der Waals surface area contributed by atoms with E-state index < -0.39 is 32.2 Å². The molecule has 8 nitrogen and oxygen atoms in total. The van der Waals surface area contributed by atoms with Crippen molar-refractivity contribution in [2.24, 2.45) is 0 Å². The van der Waals surface area contributed by atoms with E-state index in [1.54, 1.807) is 18.3 Å². The van der Waals surface area contributed by atoms with Gasteiger partial charge in [0.25, 0.3) is 5.56 Å². The summed E-state index contributed by atoms with van der Waals surface area (Å²) in [6, 6.07) is 18.5. The number of nitrogens with zero attached hydrogens (tertiary/aromatic N) is 3. The lowest BCUT2D eigenvalue weighted by molar-refractivity contribution is 0.165. The van der Waals surface area contributed by atoms with Crippen LogP contribution in [-0.2, 0) is 21.0 Å². The van der Waals surface area contributed by atoms with E-state index in [1.807, 2.05) is 56.3 Å². The smallest absolute Gasteiger partial charge is 0.277 e. The summed E-state index contributed by atoms with van der Waals surface area (Å²) < 4.78 is 34.2. The number of unbranched alkanes of at least 4 members (excludes halogenated alkanes) is 1. The highest BCUT2D eigenvalue weighted by molar-refractivity contribution is 7.91. The van der Waals surface area contributed by atoms with Gasteiger partial charge in [0.15, 0.2) is 4.90 Å². The lowest BCUT2D eigenvalue weighted by Crippen LogP contribution is -2.35. The van der Waals surface area contributed by atoms with Gasteiger partial charge in [-0.15, -0.1) is 0 Å². The molecular formula is C29H31N3O5S. The minimum absolute atomic E-state index is 0.114. The van der Waals surface area contributed by atoms with Crippen LogP contribution in [0.15, 0.2) is 87.5 Å². The summed E-state index contributed by atoms with van der Waals surface area (Å²) in [5, 5.41) is 10.8. The molecule has 9 heteroatoms. The third-order valence-corrected chi connectivity index (χ3v) is 8.15. The molecule has 0 fully saturated rings. The zero-order valence-electron chi connectivity index (χ0n) is 21.7. The van der Waals surface area contributed by atoms with Crippen LogP contribution in [0.25, 0.3) is 11.1 Å². The van der Waals surface area contributed by atoms with Crippen LogP contribution in [0.5, 0.6) is 5.88 Å². The van der Waals surface area contributed by atoms with Gasteiger partial charge < -0.3 is 9.84 Å². The van der Waals surface area contributed by atoms with E-state index in [0.29, 0.717) is 18.7 Å². The summed E-state index contributed by atoms with van der Waals surface area (Å²) in [4.78, 5) is 21.5. The molecule has 38 heavy (non-hydrogen) atoms. The van der Waals surface area contributed by atoms with Gasteiger partial charge in [0.1, 0.15) is 5.82 Å². The number of aromatic hydroxyl groups is 1. The molecule has 198 valence electrons. The Hall–Kier alpha value is -3.82. The van der Waals surface area contributed by atoms with Crippen molar-refractivity contribution in [3.05, 3.63) is 100 Å². The number of aromatic nitrogens is 3. The predicted molar refractivity (Wildman–Crippen MR) is 145 cm³/mol. The van der Waals surface area contributed by atoms with Gasteiger partial charge in [-0.2, -0.15) is 4.98 Å². The van der Waals surface area contributed by atoms with Crippen molar-refractivity contribution in [3.8, 4) is 17.0 Å². The van der Waals surface area contributed by atoms with Gasteiger partial charge in [-0.25, -0.2) is 8.42 Å². The van der Waals surface area contributed by atoms with E-state index in [4.69, 9.17) is 4.74 Å². The molecule has 1 unspecified atom stereocenters. The fourth-order valence-corrected chi connectivity index (χ4v) is 5.78. The van der Waals surface area contributed by atoms with Gasteiger partial charge in [0, 0.05) is 25.4 Å². The second kappa shape index (κ2) is 11.7. The van der Waals surface area contributed by atoms with Crippen molar-refractivity contribution in [2.45, 2.75) is 48.9 Å². The summed E-state index contributed by atoms with van der Waals surface area (Å²) >= 11 is 0. The summed E-state index contributed by atoms with van der Waals surface area (Å²) in [5.41, 5.74) is 2.46. The van der Waals surface area contributed by atoms with Crippen molar-refractivity contribution in [1.82, 2.24) is 14.5 Å². The van der Waals surface area contributed by atoms with Crippen LogP contribution in [0.1, 0.15) is 42.9 Å². The van der Waals surface area contributed by atoms with Crippen molar-refractivity contribution >= 4 is 9.84 Å². The van der Waals surface area contributed by atoms with E-state index in [2.05, 4.69) is 9.97 Å². The van der Waals surface area contributed by atoms with Crippen LogP contribution in [0, 0.1) is 6.92 Å². The van der Waals surface area contributed by atoms with Gasteiger partial charge in [-0.05, 0) is 54.3 Å². The summed E-state index contributed by atoms with van der Waals surface area (Å²) in [6.07, 6.45) is 3.63. The molecule has 1 atom stereocenters. The first-order valence-electron chi connectivity index (χ1n) is 12.4. The quantitative estimate of drug-likeness (QED) is 0.314. The average Bonchev–Trinajstić information content (AvgIpc) is 2.91. The molecule has 0 aliphatic heterocycles. The van der Waals surface area contributed by atoms with E-state index in [-0.39, 0.29) is 11.5 Å². The third kappa shape index (κ3) is 5.54. The molecule has 0 saturated carbocycles. The molecule has 0 aliphatic carbocycles. The minimum Gasteiger partial charge on any atom is -0.492 e. The van der Waals surface area contributed by atoms with E-state index in [1.165, 1.54) is 23.8 Å². The second-order valence-electron chi connectivity index (χ2n) is 9.06. The molecule has 0 bridgehead atoms. The molecule has 2 heterocycles. The van der Waals surface area contributed by atoms with Crippen LogP contribution in [0.4, 0.5) is 0 Å². The highest BCUT2D eigenvalue weighted by Gasteiger charge is 2.32. The second-order valence-corrected chi connectivity index (χ2v) is 10.9. The summed E-state index contributed by atoms with van der Waals surface area (Å²) in [7, 11) is -2.88. The molecular weight excluding hydrogens is 502 g/mol. The highest BCUT2D eigenvalue weighted by atomic mass is 32.2. The lowest BCUT2D eigenvalue weighted by Gasteiger charge is -2.24. The first-order valence-corrected chi connectivity index (χ1v) is 13.9. The van der Waals surface area contributed by atoms with Crippen LogP contribution in [0.3, 0.4) is 0 Å². The number of methoxy groups -OCH3 is 1. The monoisotopic (exact) mass is 533 g/mol. The van der Waals surface area contributed by atoms with Crippen molar-refractivity contribution in [3.63, 3.8) is 0 Å². The Morgan fingerprint density at radius 3 is 2.37 bits per heavy atom. The zero-order chi connectivity index (χ0) is 27.3. The Bertz CT molecular complexity index is 1570. The Morgan fingerprint density at radius 2 is 1.74 bits per heavy atom. The molecule has 0 amide bonds. The normalized spacial score (nSPS) is 12.4. The predicted octanol–water partition coefficient (Wildman–Crippen LogP) is 4.73. The van der Waals surface area contributed by atoms with Crippen LogP contribution in [0.2, 0.25) is 0 Å². The third-order valence-electron chi connectivity index (χ3n) is 6.37. The Morgan fingerprint density at radius 1 is 1.03 bits per heavy atom. The molecule has 0 radical (unpaired) electrons. The molecule has 1 N–H and O–H groups in total. The average molecular weight is 534 g/mol. The van der Waals surface area contributed by atoms with Crippen LogP contribution in [-0.4, -0.2) is 41.8 Å². The van der Waals surface area contributed by atoms with E-state index in [9.17, 15) is 18.3 Å². The molecule has 0 aliphatic rings. The summed E-state index contributed by atoms with van der Waals surface area (Å²) in [5.74, 6) is -0.488. The number of ether oxygens (including phenoxy) is 1. The topological polar surface area (TPSA) is 111 Å². The van der Waals surface area contributed by atoms with Gasteiger partial charge >= 0.3 is 0 Å². The summed E-state index contributed by atoms with van der Waals surface area (Å²) in [6.45, 7) is 4.00. The van der Waals surface area contributed by atoms with Gasteiger partial charge in [-0.3, -0.25) is 14.3 Å². The molecule has 4 aromatic rings. The van der Waals surface area contributed by atoms with Crippen molar-refractivity contribution in [2.75, 3.05) is 13.7 Å². The number of pyridine rings is 1. The maximum atomic E-state index is 13.9. The number of rotatable bonds is 10. The first kappa shape index (κ1) is 27.2. The Balaban J connectivity index is 1.86. The fraction of sp³-hybridized carbons (Fsp3) is 0.276. The number of hydrogen-bond donors (Lipinski definition) is 1. The molecule has 4 rings (SSSR count). The number of aryl methyl sites for hydroxylation is 2. The Labute approximate surface area is 222 Å². The van der Waals surface area contributed by atoms with Crippen molar-refractivity contribution < 1.29 is 18.3 Å². The largest absolute Gasteiger partial charge is 0.492 e. The lowest BCUT2D eigenvalue weighted by atomic mass is 10.1. The van der Waals surface area contributed by atoms with Gasteiger partial charge in [-0.1, -0.05) is 55.8 Å². The maximum absolute atomic E-state index is 13.9. The highest BCUT2D eigenvalue weighted by Crippen LogP contribution is 2.29. The molecule has 0 spiro atoms. The first-order chi connectivity index (χ1) is 18.3. The standard InChI is InChI=1S/C29H31N3O5S/c1-4-5-11-26-31-28(33)27(29(34)32(26)25(19-37-3)22-9-7-6-8-10-22)38(35,36)24-14-12-21(13-15-24)23-16-17-30-20(2)18-23/h6-10,12-18,25,33H,4-5,11,19H2,1-3H3. The van der Waals surface area contributed by atoms with Gasteiger partial charge in [0.05, 0.1) is 17.5 Å².